The summed E-state index contributed by atoms with van der Waals surface area (Å²) in [6, 6.07) is 1.89. The van der Waals surface area contributed by atoms with Gasteiger partial charge in [-0.1, -0.05) is 6.42 Å². The van der Waals surface area contributed by atoms with Crippen LogP contribution in [0.4, 0.5) is 0 Å². The van der Waals surface area contributed by atoms with Crippen molar-refractivity contribution in [2.75, 3.05) is 13.2 Å². The lowest BCUT2D eigenvalue weighted by molar-refractivity contribution is -0.164. The van der Waals surface area contributed by atoms with E-state index < -0.39 is 11.4 Å². The molecule has 0 amide bonds. The molecule has 1 saturated heterocycles. The summed E-state index contributed by atoms with van der Waals surface area (Å²) in [5, 5.41) is 9.28. The lowest BCUT2D eigenvalue weighted by Gasteiger charge is -2.36. The average Bonchev–Trinajstić information content (AvgIpc) is 2.12. The highest BCUT2D eigenvalue weighted by atomic mass is 16.5. The Morgan fingerprint density at radius 1 is 1.47 bits per heavy atom. The van der Waals surface area contributed by atoms with Gasteiger partial charge in [-0.25, -0.2) is 9.97 Å². The van der Waals surface area contributed by atoms with Gasteiger partial charge in [0.15, 0.2) is 11.2 Å². The van der Waals surface area contributed by atoms with E-state index in [1.807, 2.05) is 6.07 Å². The molecule has 1 saturated carbocycles. The van der Waals surface area contributed by atoms with Crippen LogP contribution in [-0.4, -0.2) is 34.3 Å². The molecule has 2 aliphatic rings. The van der Waals surface area contributed by atoms with Gasteiger partial charge in [-0.3, -0.25) is 4.79 Å². The normalized spacial score (nSPS) is 22.6. The van der Waals surface area contributed by atoms with Crippen LogP contribution >= 0.6 is 0 Å². The summed E-state index contributed by atoms with van der Waals surface area (Å²) in [6.07, 6.45) is 5.19. The monoisotopic (exact) mass is 234 g/mol. The van der Waals surface area contributed by atoms with E-state index in [0.717, 1.165) is 18.5 Å². The van der Waals surface area contributed by atoms with Crippen molar-refractivity contribution >= 4 is 5.97 Å². The molecule has 5 heteroatoms. The molecule has 0 aromatic carbocycles. The average molecular weight is 234 g/mol. The summed E-state index contributed by atoms with van der Waals surface area (Å²) in [5.41, 5.74) is -0.0338. The van der Waals surface area contributed by atoms with Gasteiger partial charge in [-0.2, -0.15) is 0 Å². The van der Waals surface area contributed by atoms with Gasteiger partial charge in [0.05, 0.1) is 13.2 Å². The van der Waals surface area contributed by atoms with Crippen LogP contribution in [0.25, 0.3) is 0 Å². The minimum absolute atomic E-state index is 0.177. The SMILES string of the molecule is O=C(O)C1(c2nccc(C3CCC3)n2)COC1. The first-order chi connectivity index (χ1) is 8.22. The number of carbonyl (C=O) groups is 1. The highest BCUT2D eigenvalue weighted by Gasteiger charge is 2.50. The zero-order chi connectivity index (χ0) is 11.9. The van der Waals surface area contributed by atoms with Gasteiger partial charge in [0.2, 0.25) is 0 Å². The van der Waals surface area contributed by atoms with Crippen LogP contribution in [-0.2, 0) is 14.9 Å². The Balaban J connectivity index is 1.94. The van der Waals surface area contributed by atoms with Crippen molar-refractivity contribution in [1.82, 2.24) is 9.97 Å². The zero-order valence-electron chi connectivity index (χ0n) is 9.43. The van der Waals surface area contributed by atoms with Crippen LogP contribution in [0.1, 0.15) is 36.7 Å². The molecule has 1 aromatic heterocycles. The number of carboxylic acids is 1. The van der Waals surface area contributed by atoms with Crippen LogP contribution < -0.4 is 0 Å². The molecule has 1 aliphatic carbocycles. The topological polar surface area (TPSA) is 72.3 Å². The maximum atomic E-state index is 11.3. The molecule has 5 nitrogen and oxygen atoms in total. The molecule has 0 bridgehead atoms. The van der Waals surface area contributed by atoms with Crippen molar-refractivity contribution in [2.24, 2.45) is 0 Å². The Morgan fingerprint density at radius 2 is 2.24 bits per heavy atom. The van der Waals surface area contributed by atoms with E-state index in [1.54, 1.807) is 6.20 Å². The quantitative estimate of drug-likeness (QED) is 0.847. The molecule has 1 aliphatic heterocycles. The molecule has 1 aromatic rings. The van der Waals surface area contributed by atoms with Crippen molar-refractivity contribution in [3.63, 3.8) is 0 Å². The molecule has 0 spiro atoms. The predicted molar refractivity (Wildman–Crippen MR) is 58.8 cm³/mol. The van der Waals surface area contributed by atoms with Gasteiger partial charge in [0, 0.05) is 17.8 Å². The maximum absolute atomic E-state index is 11.3. The Bertz CT molecular complexity index is 453. The van der Waals surface area contributed by atoms with Crippen molar-refractivity contribution in [2.45, 2.75) is 30.6 Å². The number of aliphatic carboxylic acids is 1. The number of rotatable bonds is 3. The summed E-state index contributed by atoms with van der Waals surface area (Å²) in [6.45, 7) is 0.354. The highest BCUT2D eigenvalue weighted by molar-refractivity contribution is 5.81. The third-order valence-corrected chi connectivity index (χ3v) is 3.73. The lowest BCUT2D eigenvalue weighted by atomic mass is 9.81. The summed E-state index contributed by atoms with van der Waals surface area (Å²) in [4.78, 5) is 19.9. The fourth-order valence-corrected chi connectivity index (χ4v) is 2.19. The molecular weight excluding hydrogens is 220 g/mol. The first kappa shape index (κ1) is 10.7. The third kappa shape index (κ3) is 1.53. The van der Waals surface area contributed by atoms with Gasteiger partial charge in [0.1, 0.15) is 0 Å². The number of hydrogen-bond donors (Lipinski definition) is 1. The van der Waals surface area contributed by atoms with E-state index in [1.165, 1.54) is 6.42 Å². The summed E-state index contributed by atoms with van der Waals surface area (Å²) in [5.74, 6) is -0.00116. The second kappa shape index (κ2) is 3.77. The van der Waals surface area contributed by atoms with Crippen LogP contribution in [0.15, 0.2) is 12.3 Å². The van der Waals surface area contributed by atoms with Gasteiger partial charge < -0.3 is 9.84 Å². The van der Waals surface area contributed by atoms with Crippen LogP contribution in [0.3, 0.4) is 0 Å². The van der Waals surface area contributed by atoms with E-state index in [0.29, 0.717) is 11.7 Å². The Kier molecular flexibility index (Phi) is 2.36. The molecule has 17 heavy (non-hydrogen) atoms. The van der Waals surface area contributed by atoms with Crippen LogP contribution in [0.2, 0.25) is 0 Å². The third-order valence-electron chi connectivity index (χ3n) is 3.73. The molecular formula is C12H14N2O3. The minimum atomic E-state index is -1.01. The fraction of sp³-hybridized carbons (Fsp3) is 0.583. The number of ether oxygens (including phenoxy) is 1. The van der Waals surface area contributed by atoms with E-state index in [2.05, 4.69) is 9.97 Å². The highest BCUT2D eigenvalue weighted by Crippen LogP contribution is 2.36. The maximum Gasteiger partial charge on any atom is 0.322 e. The van der Waals surface area contributed by atoms with Crippen LogP contribution in [0, 0.1) is 0 Å². The molecule has 2 fully saturated rings. The van der Waals surface area contributed by atoms with E-state index >= 15 is 0 Å². The minimum Gasteiger partial charge on any atom is -0.480 e. The predicted octanol–water partition coefficient (Wildman–Crippen LogP) is 1.10. The fourth-order valence-electron chi connectivity index (χ4n) is 2.19. The molecule has 1 N–H and O–H groups in total. The largest absolute Gasteiger partial charge is 0.480 e. The summed E-state index contributed by atoms with van der Waals surface area (Å²) in [7, 11) is 0. The van der Waals surface area contributed by atoms with E-state index in [9.17, 15) is 9.90 Å². The molecule has 0 radical (unpaired) electrons. The van der Waals surface area contributed by atoms with Crippen molar-refractivity contribution in [3.8, 4) is 0 Å². The summed E-state index contributed by atoms with van der Waals surface area (Å²) < 4.78 is 5.03. The number of aromatic nitrogens is 2. The van der Waals surface area contributed by atoms with Crippen molar-refractivity contribution in [3.05, 3.63) is 23.8 Å². The number of nitrogens with zero attached hydrogens (tertiary/aromatic N) is 2. The molecule has 3 rings (SSSR count). The number of hydrogen-bond acceptors (Lipinski definition) is 4. The molecule has 90 valence electrons. The summed E-state index contributed by atoms with van der Waals surface area (Å²) >= 11 is 0. The number of carboxylic acid groups (broad SMARTS) is 1. The van der Waals surface area contributed by atoms with Gasteiger partial charge in [-0.15, -0.1) is 0 Å². The van der Waals surface area contributed by atoms with Crippen molar-refractivity contribution < 1.29 is 14.6 Å². The van der Waals surface area contributed by atoms with Gasteiger partial charge in [0.25, 0.3) is 0 Å². The first-order valence-corrected chi connectivity index (χ1v) is 5.87. The Morgan fingerprint density at radius 3 is 2.71 bits per heavy atom. The Hall–Kier alpha value is -1.49. The smallest absolute Gasteiger partial charge is 0.322 e. The Labute approximate surface area is 98.8 Å². The zero-order valence-corrected chi connectivity index (χ0v) is 9.43. The van der Waals surface area contributed by atoms with Crippen LogP contribution in [0.5, 0.6) is 0 Å². The lowest BCUT2D eigenvalue weighted by Crippen LogP contribution is -2.54. The first-order valence-electron chi connectivity index (χ1n) is 5.87. The molecule has 2 heterocycles. The molecule has 0 unspecified atom stereocenters. The standard InChI is InChI=1S/C12H14N2O3/c15-11(16)12(6-17-7-12)10-13-5-4-9(14-10)8-2-1-3-8/h4-5,8H,1-3,6-7H2,(H,15,16). The van der Waals surface area contributed by atoms with Crippen molar-refractivity contribution in [1.29, 1.82) is 0 Å². The second-order valence-electron chi connectivity index (χ2n) is 4.81. The van der Waals surface area contributed by atoms with Gasteiger partial charge >= 0.3 is 5.97 Å². The second-order valence-corrected chi connectivity index (χ2v) is 4.81. The van der Waals surface area contributed by atoms with E-state index in [4.69, 9.17) is 4.74 Å². The molecule has 0 atom stereocenters. The van der Waals surface area contributed by atoms with E-state index in [-0.39, 0.29) is 13.2 Å². The van der Waals surface area contributed by atoms with Gasteiger partial charge in [-0.05, 0) is 18.9 Å².